The van der Waals surface area contributed by atoms with Crippen LogP contribution in [0.2, 0.25) is 31.6 Å². The first-order chi connectivity index (χ1) is 69.9. The average Bonchev–Trinajstić information content (AvgIpc) is 1.67. The number of carboxylic acid groups (broad SMARTS) is 5. The van der Waals surface area contributed by atoms with E-state index in [2.05, 4.69) is 79.1 Å². The number of aryl methyl sites for hydroxylation is 3. The van der Waals surface area contributed by atoms with Crippen molar-refractivity contribution in [2.45, 2.75) is 346 Å². The van der Waals surface area contributed by atoms with Crippen LogP contribution in [0.5, 0.6) is 0 Å². The van der Waals surface area contributed by atoms with Crippen molar-refractivity contribution < 1.29 is 126 Å². The molecule has 5 aliphatic heterocycles. The second-order valence-electron chi connectivity index (χ2n) is 44.9. The molecular weight excluding hydrogens is 1910 g/mol. The summed E-state index contributed by atoms with van der Waals surface area (Å²) in [5.74, 6) is -14.2. The summed E-state index contributed by atoms with van der Waals surface area (Å²) >= 11 is 0. The highest BCUT2D eigenvalue weighted by molar-refractivity contribution is 6.42. The first-order valence-electron chi connectivity index (χ1n) is 54.1. The SMILES string of the molecule is CC1(C)CCc2ccccc2C1N1CCC(C(N)(CCCCB(O)O)C(=O)O)CC1.CC1CCc2ccccc2C1N1CCC(C(N)(CCCCB(O)O)C(=O)O)CC1.NC(CCCCB(O)O)(C(=O)O)C1CCN(C2CCc3ccccc3C2(F)F)CC1.NC(CCCCB(O)O)(C(=O)O)C1CCN(C2Cc3ccccc3C2(F)F)CC1.NC(CCCCB(O)O)(C(=O)O)C1CCN(C2Cc3ccccc3CC2(F)F)CC1. The van der Waals surface area contributed by atoms with E-state index in [1.165, 1.54) is 40.8 Å². The fourth-order valence-electron chi connectivity index (χ4n) is 26.0. The maximum Gasteiger partial charge on any atom is 0.451 e. The van der Waals surface area contributed by atoms with Crippen LogP contribution in [-0.4, -0.2) is 283 Å². The minimum Gasteiger partial charge on any atom is -0.480 e. The third-order valence-electron chi connectivity index (χ3n) is 34.9. The molecule has 0 spiro atoms. The molecule has 5 heterocycles. The molecule has 0 saturated carbocycles. The fourth-order valence-corrected chi connectivity index (χ4v) is 26.0. The summed E-state index contributed by atoms with van der Waals surface area (Å²) < 4.78 is 89.9. The van der Waals surface area contributed by atoms with E-state index >= 15 is 8.78 Å². The largest absolute Gasteiger partial charge is 0.480 e. The van der Waals surface area contributed by atoms with Crippen LogP contribution in [0.1, 0.15) is 268 Å². The van der Waals surface area contributed by atoms with Crippen LogP contribution < -0.4 is 28.7 Å². The van der Waals surface area contributed by atoms with Crippen molar-refractivity contribution in [3.8, 4) is 0 Å². The summed E-state index contributed by atoms with van der Waals surface area (Å²) in [6.45, 7) is 12.8. The molecule has 10 aliphatic rings. The molecule has 5 aromatic rings. The molecule has 818 valence electrons. The second kappa shape index (κ2) is 53.6. The van der Waals surface area contributed by atoms with Crippen LogP contribution in [0.3, 0.4) is 0 Å². The number of unbranched alkanes of at least 4 members (excludes halogenated alkanes) is 5. The van der Waals surface area contributed by atoms with E-state index in [0.717, 1.165) is 76.7 Å². The molecule has 11 atom stereocenters. The van der Waals surface area contributed by atoms with Gasteiger partial charge in [0.25, 0.3) is 17.8 Å². The molecule has 148 heavy (non-hydrogen) atoms. The summed E-state index contributed by atoms with van der Waals surface area (Å²) in [5.41, 5.74) is 34.1. The molecule has 5 aromatic carbocycles. The smallest absolute Gasteiger partial charge is 0.451 e. The maximum absolute atomic E-state index is 15.2. The highest BCUT2D eigenvalue weighted by Crippen LogP contribution is 2.52. The molecule has 15 rings (SSSR count). The molecule has 5 aliphatic carbocycles. The summed E-state index contributed by atoms with van der Waals surface area (Å²) in [7, 11) is -6.91. The van der Waals surface area contributed by atoms with E-state index in [-0.39, 0.29) is 103 Å². The van der Waals surface area contributed by atoms with Gasteiger partial charge in [0, 0.05) is 29.6 Å². The lowest BCUT2D eigenvalue weighted by atomic mass is 9.68. The Labute approximate surface area is 869 Å². The zero-order chi connectivity index (χ0) is 108. The van der Waals surface area contributed by atoms with E-state index in [4.69, 9.17) is 78.9 Å². The minimum atomic E-state index is -2.93. The van der Waals surface area contributed by atoms with Crippen LogP contribution in [0, 0.1) is 40.9 Å². The van der Waals surface area contributed by atoms with Crippen LogP contribution in [0.4, 0.5) is 26.3 Å². The van der Waals surface area contributed by atoms with Crippen LogP contribution in [0.25, 0.3) is 0 Å². The molecule has 0 amide bonds. The van der Waals surface area contributed by atoms with Gasteiger partial charge in [-0.1, -0.05) is 206 Å². The Kier molecular flexibility index (Phi) is 43.7. The molecule has 41 heteroatoms. The number of likely N-dealkylation sites (tertiary alicyclic amines) is 5. The van der Waals surface area contributed by atoms with Gasteiger partial charge in [-0.2, -0.15) is 17.6 Å². The van der Waals surface area contributed by atoms with Gasteiger partial charge in [0.15, 0.2) is 0 Å². The molecule has 25 N–H and O–H groups in total. The molecular formula is C107H163B5F6N10O20. The summed E-state index contributed by atoms with van der Waals surface area (Å²) in [5, 5.41) is 139. The number of rotatable bonds is 40. The van der Waals surface area contributed by atoms with Gasteiger partial charge in [-0.25, -0.2) is 8.78 Å². The normalized spacial score (nSPS) is 24.3. The molecule has 0 radical (unpaired) electrons. The zero-order valence-electron chi connectivity index (χ0n) is 86.6. The van der Waals surface area contributed by atoms with E-state index in [1.54, 1.807) is 63.2 Å². The number of carbonyl (C=O) groups is 5. The lowest BCUT2D eigenvalue weighted by Crippen LogP contribution is -2.60. The van der Waals surface area contributed by atoms with Crippen LogP contribution in [-0.2, 0) is 74.3 Å². The van der Waals surface area contributed by atoms with E-state index < -0.39 is 129 Å². The highest BCUT2D eigenvalue weighted by Gasteiger charge is 2.57. The Morgan fingerprint density at radius 2 is 0.601 bits per heavy atom. The monoisotopic (exact) mass is 2080 g/mol. The van der Waals surface area contributed by atoms with Crippen LogP contribution >= 0.6 is 0 Å². The van der Waals surface area contributed by atoms with E-state index in [0.29, 0.717) is 215 Å². The number of nitrogens with two attached hydrogens (primary N) is 5. The lowest BCUT2D eigenvalue weighted by Gasteiger charge is -2.50. The number of hydrogen-bond acceptors (Lipinski definition) is 25. The van der Waals surface area contributed by atoms with Crippen molar-refractivity contribution >= 4 is 65.4 Å². The number of nitrogens with zero attached hydrogens (tertiary/aromatic N) is 5. The number of halogens is 6. The third-order valence-corrected chi connectivity index (χ3v) is 34.9. The highest BCUT2D eigenvalue weighted by atomic mass is 19.3. The van der Waals surface area contributed by atoms with E-state index in [1.807, 2.05) is 12.1 Å². The van der Waals surface area contributed by atoms with Crippen molar-refractivity contribution in [1.29, 1.82) is 0 Å². The molecule has 30 nitrogen and oxygen atoms in total. The quantitative estimate of drug-likeness (QED) is 0.00984. The van der Waals surface area contributed by atoms with Gasteiger partial charge in [0.05, 0.1) is 18.1 Å². The predicted octanol–water partition coefficient (Wildman–Crippen LogP) is 11.3. The Morgan fingerprint density at radius 1 is 0.324 bits per heavy atom. The van der Waals surface area contributed by atoms with Gasteiger partial charge in [-0.05, 0) is 330 Å². The maximum atomic E-state index is 15.2. The molecule has 0 bridgehead atoms. The fraction of sp³-hybridized carbons (Fsp3) is 0.673. The summed E-state index contributed by atoms with van der Waals surface area (Å²) in [4.78, 5) is 70.2. The van der Waals surface area contributed by atoms with Gasteiger partial charge < -0.3 is 104 Å². The Hall–Kier alpha value is -7.45. The van der Waals surface area contributed by atoms with Crippen molar-refractivity contribution in [1.82, 2.24) is 24.5 Å². The van der Waals surface area contributed by atoms with E-state index in [9.17, 15) is 67.1 Å². The Morgan fingerprint density at radius 3 is 0.966 bits per heavy atom. The Bertz CT molecular complexity index is 5000. The summed E-state index contributed by atoms with van der Waals surface area (Å²) in [6, 6.07) is 36.2. The number of carboxylic acids is 5. The van der Waals surface area contributed by atoms with Gasteiger partial charge in [-0.3, -0.25) is 48.5 Å². The number of alkyl halides is 6. The number of hydrogen-bond donors (Lipinski definition) is 20. The molecule has 5 saturated heterocycles. The van der Waals surface area contributed by atoms with Crippen molar-refractivity contribution in [2.75, 3.05) is 65.4 Å². The van der Waals surface area contributed by atoms with Crippen LogP contribution in [0.15, 0.2) is 121 Å². The summed E-state index contributed by atoms with van der Waals surface area (Å²) in [6.07, 6.45) is 19.4. The number of fused-ring (bicyclic) bond motifs is 5. The average molecular weight is 2080 g/mol. The molecule has 11 unspecified atom stereocenters. The standard InChI is InChI=1S/C23H37BN2O4.C22H35BN2O4.2C21H31BF2N2O4.C20H29BF2N2O4/c1-22(2)13-9-17-7-3-4-8-19(17)20(22)26-15-10-18(11-16-26)23(25,21(27)28)12-5-6-14-24(29)30;1-16-8-9-17-6-2-3-7-19(17)20(16)25-14-10-18(11-15-25)22(24,21(26)27)12-4-5-13-23(28)29;23-21(24)14-16-6-2-1-5-15(16)13-18(21)26-11-7-17(8-12-26)20(25,19(27)28)9-3-4-10-22(29)30;23-21(24)17-6-2-1-5-15(17)7-8-18(21)26-13-9-16(10-14-26)20(25,19(27)28)11-3-4-12-22(29)30;22-20(23)16-6-2-1-5-14(16)13-17(20)25-11-7-15(8-12-25)19(24,18(26)27)9-3-4-10-21(28)29/h3-4,7-8,18,20,29-30H,5-6,9-16,25H2,1-2H3,(H,27,28);2-3,6-7,16,18,20,28-29H,4-5,8-15,24H2,1H3,(H,26,27);1-2,5-6,17-18,29-30H,3-4,7-14,25H2,(H,27,28);1-2,5-6,16,18,29-30H,3-4,7-14,25H2,(H,27,28);1-2,5-6,15,17,28-29H,3-4,7-13,24H2,(H,26,27). The minimum absolute atomic E-state index is 0.0514. The van der Waals surface area contributed by atoms with Crippen molar-refractivity contribution in [3.63, 3.8) is 0 Å². The first-order valence-corrected chi connectivity index (χ1v) is 54.1. The Balaban J connectivity index is 0.000000176. The van der Waals surface area contributed by atoms with Crippen molar-refractivity contribution in [2.24, 2.45) is 69.6 Å². The molecule has 0 aromatic heterocycles. The third kappa shape index (κ3) is 30.2. The predicted molar refractivity (Wildman–Crippen MR) is 559 cm³/mol. The number of aliphatic carboxylic acids is 5. The first kappa shape index (κ1) is 121. The molecule has 5 fully saturated rings. The second-order valence-corrected chi connectivity index (χ2v) is 44.9. The van der Waals surface area contributed by atoms with Gasteiger partial charge in [0.2, 0.25) is 0 Å². The number of piperidine rings is 5. The zero-order valence-corrected chi connectivity index (χ0v) is 86.6. The topological polar surface area (TPSA) is 535 Å². The lowest BCUT2D eigenvalue weighted by molar-refractivity contribution is -0.149. The number of benzene rings is 5. The van der Waals surface area contributed by atoms with Gasteiger partial charge in [0.1, 0.15) is 27.7 Å². The van der Waals surface area contributed by atoms with Crippen molar-refractivity contribution in [3.05, 3.63) is 177 Å². The van der Waals surface area contributed by atoms with Gasteiger partial charge >= 0.3 is 65.4 Å². The van der Waals surface area contributed by atoms with Gasteiger partial charge in [-0.15, -0.1) is 0 Å².